The van der Waals surface area contributed by atoms with E-state index < -0.39 is 11.6 Å². The van der Waals surface area contributed by atoms with Crippen molar-refractivity contribution in [1.29, 1.82) is 0 Å². The van der Waals surface area contributed by atoms with E-state index in [-0.39, 0.29) is 11.8 Å². The number of ether oxygens (including phenoxy) is 1. The summed E-state index contributed by atoms with van der Waals surface area (Å²) >= 11 is 0. The summed E-state index contributed by atoms with van der Waals surface area (Å²) in [6.07, 6.45) is 0. The largest absolute Gasteiger partial charge is 0.476 e. The van der Waals surface area contributed by atoms with Crippen molar-refractivity contribution in [2.24, 2.45) is 0 Å². The molecule has 0 bridgehead atoms. The van der Waals surface area contributed by atoms with Crippen LogP contribution in [-0.2, 0) is 0 Å². The molecule has 22 heavy (non-hydrogen) atoms. The van der Waals surface area contributed by atoms with Crippen LogP contribution in [0.3, 0.4) is 0 Å². The predicted molar refractivity (Wildman–Crippen MR) is 78.3 cm³/mol. The summed E-state index contributed by atoms with van der Waals surface area (Å²) in [5.74, 6) is -1.50. The summed E-state index contributed by atoms with van der Waals surface area (Å²) in [5, 5.41) is 0. The van der Waals surface area contributed by atoms with Gasteiger partial charge in [0, 0.05) is 5.56 Å². The van der Waals surface area contributed by atoms with Gasteiger partial charge >= 0.3 is 0 Å². The molecule has 2 aromatic heterocycles. The Kier molecular flexibility index (Phi) is 3.54. The molecular weight excluding hydrogens is 290 g/mol. The second kappa shape index (κ2) is 5.51. The molecule has 0 aliphatic carbocycles. The topological polar surface area (TPSA) is 73.9 Å². The molecule has 2 N–H and O–H groups in total. The summed E-state index contributed by atoms with van der Waals surface area (Å²) in [5.41, 5.74) is 7.45. The number of nitrogen functional groups attached to an aromatic ring is 1. The van der Waals surface area contributed by atoms with Gasteiger partial charge in [0.15, 0.2) is 17.2 Å². The summed E-state index contributed by atoms with van der Waals surface area (Å²) in [4.78, 5) is 12.5. The first-order valence-corrected chi connectivity index (χ1v) is 6.61. The lowest BCUT2D eigenvalue weighted by atomic mass is 10.1. The molecule has 0 aliphatic heterocycles. The number of anilines is 1. The lowest BCUT2D eigenvalue weighted by molar-refractivity contribution is 0.330. The van der Waals surface area contributed by atoms with E-state index in [2.05, 4.69) is 15.0 Å². The molecule has 0 unspecified atom stereocenters. The fraction of sp³-hybridized carbons (Fsp3) is 0.133. The van der Waals surface area contributed by atoms with Gasteiger partial charge in [0.2, 0.25) is 11.8 Å². The second-order valence-corrected chi connectivity index (χ2v) is 4.51. The van der Waals surface area contributed by atoms with Gasteiger partial charge in [-0.1, -0.05) is 0 Å². The number of rotatable bonds is 3. The summed E-state index contributed by atoms with van der Waals surface area (Å²) in [7, 11) is 0. The Bertz CT molecular complexity index is 854. The van der Waals surface area contributed by atoms with E-state index in [4.69, 9.17) is 10.5 Å². The first-order chi connectivity index (χ1) is 10.6. The molecule has 0 saturated heterocycles. The highest BCUT2D eigenvalue weighted by Crippen LogP contribution is 2.26. The summed E-state index contributed by atoms with van der Waals surface area (Å²) in [6, 6.07) is 6.92. The molecule has 0 amide bonds. The molecule has 3 rings (SSSR count). The Labute approximate surface area is 124 Å². The Hall–Kier alpha value is -2.83. The van der Waals surface area contributed by atoms with E-state index in [0.717, 1.165) is 12.1 Å². The van der Waals surface area contributed by atoms with Gasteiger partial charge in [-0.2, -0.15) is 4.98 Å². The van der Waals surface area contributed by atoms with E-state index >= 15 is 0 Å². The van der Waals surface area contributed by atoms with Crippen molar-refractivity contribution in [2.45, 2.75) is 6.92 Å². The molecule has 112 valence electrons. The van der Waals surface area contributed by atoms with Gasteiger partial charge in [-0.15, -0.1) is 0 Å². The van der Waals surface area contributed by atoms with E-state index in [1.807, 2.05) is 6.92 Å². The van der Waals surface area contributed by atoms with Gasteiger partial charge in [0.05, 0.1) is 17.8 Å². The third kappa shape index (κ3) is 2.52. The van der Waals surface area contributed by atoms with Crippen LogP contribution in [0.2, 0.25) is 0 Å². The standard InChI is InChI=1S/C15H12F2N4O/c1-2-22-14-13-12(20-15(18)21-14)6-5-11(19-13)8-3-4-9(16)10(17)7-8/h3-7H,2H2,1H3,(H2,18,20,21). The minimum Gasteiger partial charge on any atom is -0.476 e. The third-order valence-corrected chi connectivity index (χ3v) is 3.02. The molecule has 3 aromatic rings. The van der Waals surface area contributed by atoms with Crippen LogP contribution >= 0.6 is 0 Å². The van der Waals surface area contributed by atoms with Gasteiger partial charge in [0.25, 0.3) is 0 Å². The van der Waals surface area contributed by atoms with E-state index in [1.54, 1.807) is 12.1 Å². The molecule has 0 aliphatic rings. The fourth-order valence-electron chi connectivity index (χ4n) is 2.06. The molecule has 0 atom stereocenters. The van der Waals surface area contributed by atoms with Gasteiger partial charge in [-0.05, 0) is 37.3 Å². The smallest absolute Gasteiger partial charge is 0.245 e. The molecule has 0 fully saturated rings. The SMILES string of the molecule is CCOc1nc(N)nc2ccc(-c3ccc(F)c(F)c3)nc12. The molecule has 0 saturated carbocycles. The quantitative estimate of drug-likeness (QED) is 0.805. The number of nitrogens with zero attached hydrogens (tertiary/aromatic N) is 3. The fourth-order valence-corrected chi connectivity index (χ4v) is 2.06. The summed E-state index contributed by atoms with van der Waals surface area (Å²) < 4.78 is 31.8. The van der Waals surface area contributed by atoms with Crippen molar-refractivity contribution in [3.63, 3.8) is 0 Å². The minimum absolute atomic E-state index is 0.0818. The first kappa shape index (κ1) is 14.1. The monoisotopic (exact) mass is 302 g/mol. The number of hydrogen-bond donors (Lipinski definition) is 1. The van der Waals surface area contributed by atoms with Crippen molar-refractivity contribution < 1.29 is 13.5 Å². The third-order valence-electron chi connectivity index (χ3n) is 3.02. The number of pyridine rings is 1. The Balaban J connectivity index is 2.17. The van der Waals surface area contributed by atoms with Crippen molar-refractivity contribution in [3.8, 4) is 17.1 Å². The number of fused-ring (bicyclic) bond motifs is 1. The molecule has 1 aromatic carbocycles. The first-order valence-electron chi connectivity index (χ1n) is 6.61. The zero-order valence-corrected chi connectivity index (χ0v) is 11.7. The Morgan fingerprint density at radius 1 is 1.05 bits per heavy atom. The maximum atomic E-state index is 13.4. The van der Waals surface area contributed by atoms with Crippen LogP contribution in [0.4, 0.5) is 14.7 Å². The van der Waals surface area contributed by atoms with Crippen LogP contribution in [0.25, 0.3) is 22.3 Å². The van der Waals surface area contributed by atoms with Crippen LogP contribution in [0, 0.1) is 11.6 Å². The van der Waals surface area contributed by atoms with Gasteiger partial charge < -0.3 is 10.5 Å². The normalized spacial score (nSPS) is 10.9. The maximum absolute atomic E-state index is 13.4. The maximum Gasteiger partial charge on any atom is 0.245 e. The van der Waals surface area contributed by atoms with Crippen molar-refractivity contribution >= 4 is 17.0 Å². The van der Waals surface area contributed by atoms with E-state index in [1.165, 1.54) is 6.07 Å². The Morgan fingerprint density at radius 2 is 1.86 bits per heavy atom. The number of halogens is 2. The molecule has 5 nitrogen and oxygen atoms in total. The number of nitrogens with two attached hydrogens (primary N) is 1. The lowest BCUT2D eigenvalue weighted by Gasteiger charge is -2.08. The highest BCUT2D eigenvalue weighted by atomic mass is 19.2. The van der Waals surface area contributed by atoms with Crippen LogP contribution in [0.1, 0.15) is 6.92 Å². The minimum atomic E-state index is -0.932. The van der Waals surface area contributed by atoms with E-state index in [0.29, 0.717) is 28.9 Å². The number of aromatic nitrogens is 3. The molecule has 0 spiro atoms. The summed E-state index contributed by atoms with van der Waals surface area (Å²) in [6.45, 7) is 2.20. The van der Waals surface area contributed by atoms with Gasteiger partial charge in [-0.3, -0.25) is 0 Å². The zero-order chi connectivity index (χ0) is 15.7. The van der Waals surface area contributed by atoms with Crippen LogP contribution in [0.5, 0.6) is 5.88 Å². The predicted octanol–water partition coefficient (Wildman–Crippen LogP) is 2.95. The average Bonchev–Trinajstić information content (AvgIpc) is 2.50. The number of hydrogen-bond acceptors (Lipinski definition) is 5. The van der Waals surface area contributed by atoms with Crippen LogP contribution < -0.4 is 10.5 Å². The molecule has 2 heterocycles. The second-order valence-electron chi connectivity index (χ2n) is 4.51. The molecule has 0 radical (unpaired) electrons. The van der Waals surface area contributed by atoms with Gasteiger partial charge in [0.1, 0.15) is 0 Å². The van der Waals surface area contributed by atoms with Crippen LogP contribution in [-0.4, -0.2) is 21.6 Å². The van der Waals surface area contributed by atoms with Crippen LogP contribution in [0.15, 0.2) is 30.3 Å². The van der Waals surface area contributed by atoms with Gasteiger partial charge in [-0.25, -0.2) is 18.7 Å². The highest BCUT2D eigenvalue weighted by molar-refractivity contribution is 5.83. The zero-order valence-electron chi connectivity index (χ0n) is 11.7. The Morgan fingerprint density at radius 3 is 2.59 bits per heavy atom. The van der Waals surface area contributed by atoms with Crippen molar-refractivity contribution in [2.75, 3.05) is 12.3 Å². The lowest BCUT2D eigenvalue weighted by Crippen LogP contribution is -2.03. The van der Waals surface area contributed by atoms with Crippen molar-refractivity contribution in [1.82, 2.24) is 15.0 Å². The van der Waals surface area contributed by atoms with Crippen molar-refractivity contribution in [3.05, 3.63) is 42.0 Å². The number of benzene rings is 1. The molecule has 7 heteroatoms. The van der Waals surface area contributed by atoms with E-state index in [9.17, 15) is 8.78 Å². The molecular formula is C15H12F2N4O. The average molecular weight is 302 g/mol. The highest BCUT2D eigenvalue weighted by Gasteiger charge is 2.12.